The summed E-state index contributed by atoms with van der Waals surface area (Å²) in [6.45, 7) is 4.60. The van der Waals surface area contributed by atoms with Gasteiger partial charge in [0.05, 0.1) is 11.7 Å². The molecule has 2 nitrogen and oxygen atoms in total. The zero-order chi connectivity index (χ0) is 19.8. The van der Waals surface area contributed by atoms with Crippen molar-refractivity contribution in [1.29, 1.82) is 0 Å². The Labute approximate surface area is 193 Å². The molecule has 0 bridgehead atoms. The van der Waals surface area contributed by atoms with Crippen molar-refractivity contribution in [3.63, 3.8) is 0 Å². The van der Waals surface area contributed by atoms with Gasteiger partial charge in [-0.05, 0) is 93.3 Å². The molecule has 0 saturated heterocycles. The Hall–Kier alpha value is 2.11. The zero-order valence-corrected chi connectivity index (χ0v) is 24.0. The smallest absolute Gasteiger partial charge is 0.0627 e. The van der Waals surface area contributed by atoms with Crippen molar-refractivity contribution in [1.82, 2.24) is 0 Å². The van der Waals surface area contributed by atoms with Gasteiger partial charge in [-0.15, -0.1) is 0 Å². The van der Waals surface area contributed by atoms with Gasteiger partial charge in [-0.1, -0.05) is 19.8 Å². The Morgan fingerprint density at radius 3 is 2.26 bits per heavy atom. The normalized spacial score (nSPS) is 49.7. The van der Waals surface area contributed by atoms with Crippen molar-refractivity contribution in [2.75, 3.05) is 12.0 Å². The Morgan fingerprint density at radius 1 is 0.926 bits per heavy atom. The molecule has 27 heavy (non-hydrogen) atoms. The van der Waals surface area contributed by atoms with E-state index in [2.05, 4.69) is 56.0 Å². The van der Waals surface area contributed by atoms with E-state index in [0.717, 1.165) is 42.4 Å². The number of ether oxygens (including phenoxy) is 1. The fourth-order valence-corrected chi connectivity index (χ4v) is 7.63. The van der Waals surface area contributed by atoms with Gasteiger partial charge in [0.2, 0.25) is 0 Å². The Morgan fingerprint density at radius 2 is 1.59 bits per heavy atom. The standard InChI is InChI=1S/C21H36O2.CH3I3/c1-20(22)11-9-15-14(13-20)5-4-6-17-16(15)10-12-21(2)18(17)7-8-19(21)23-3;1-4(2)3/h14-19,22H,4-13H2,1-3H3;1H3/t14-,15-,16+,17+,18-,19-,20+,21-;/m0./s1. The molecule has 4 aliphatic carbocycles. The topological polar surface area (TPSA) is 29.5 Å². The molecule has 4 rings (SSSR count). The quantitative estimate of drug-likeness (QED) is 0.224. The largest absolute Gasteiger partial charge is 0.390 e. The molecule has 0 unspecified atom stereocenters. The van der Waals surface area contributed by atoms with Crippen LogP contribution in [0.2, 0.25) is 0 Å². The number of hydrogen-bond donors (Lipinski definition) is 1. The minimum absolute atomic E-state index is 0.323. The van der Waals surface area contributed by atoms with Crippen LogP contribution in [-0.4, -0.2) is 28.9 Å². The summed E-state index contributed by atoms with van der Waals surface area (Å²) in [5, 5.41) is 10.5. The molecule has 0 heterocycles. The van der Waals surface area contributed by atoms with E-state index in [0.29, 0.717) is 11.5 Å². The first-order valence-corrected chi connectivity index (χ1v) is 25.6. The molecule has 4 saturated carbocycles. The number of aliphatic hydroxyl groups is 1. The van der Waals surface area contributed by atoms with E-state index in [4.69, 9.17) is 4.74 Å². The molecule has 0 spiro atoms. The van der Waals surface area contributed by atoms with Crippen molar-refractivity contribution < 1.29 is 9.84 Å². The molecule has 0 aromatic carbocycles. The summed E-state index contributed by atoms with van der Waals surface area (Å²) in [6, 6.07) is 0. The molecular formula is C22H39I3O2. The molecule has 5 heteroatoms. The van der Waals surface area contributed by atoms with Crippen LogP contribution in [-0.2, 0) is 4.74 Å². The Bertz CT molecular complexity index is 495. The van der Waals surface area contributed by atoms with E-state index in [1.54, 1.807) is 0 Å². The SMILES string of the molecule is CI(I)I.CO[C@H]1CC[C@H]2[C@@H]3CCC[C@H]4C[C@](C)(O)CC[C@@H]4[C@H]3CC[C@]12C. The van der Waals surface area contributed by atoms with Crippen LogP contribution in [0, 0.1) is 35.0 Å². The average molecular weight is 716 g/mol. The van der Waals surface area contributed by atoms with Crippen LogP contribution >= 0.6 is 49.1 Å². The summed E-state index contributed by atoms with van der Waals surface area (Å²) in [4.78, 5) is 2.30. The van der Waals surface area contributed by atoms with Gasteiger partial charge in [-0.2, -0.15) is 0 Å². The first-order valence-electron chi connectivity index (χ1n) is 10.9. The fourth-order valence-electron chi connectivity index (χ4n) is 7.63. The predicted octanol–water partition coefficient (Wildman–Crippen LogP) is 7.62. The number of rotatable bonds is 1. The second-order valence-corrected chi connectivity index (χ2v) is 39.0. The van der Waals surface area contributed by atoms with Crippen molar-refractivity contribution in [2.24, 2.45) is 35.0 Å². The van der Waals surface area contributed by atoms with E-state index in [9.17, 15) is 5.11 Å². The molecular weight excluding hydrogens is 677 g/mol. The molecule has 0 aliphatic heterocycles. The van der Waals surface area contributed by atoms with E-state index >= 15 is 0 Å². The summed E-state index contributed by atoms with van der Waals surface area (Å²) >= 11 is 4.65. The van der Waals surface area contributed by atoms with Crippen LogP contribution in [0.5, 0.6) is 0 Å². The zero-order valence-electron chi connectivity index (χ0n) is 17.5. The Balaban J connectivity index is 0.000000481. The van der Waals surface area contributed by atoms with Gasteiger partial charge < -0.3 is 9.84 Å². The van der Waals surface area contributed by atoms with Gasteiger partial charge in [0.15, 0.2) is 0 Å². The second kappa shape index (κ2) is 9.72. The van der Waals surface area contributed by atoms with Crippen molar-refractivity contribution >= 4 is 49.1 Å². The van der Waals surface area contributed by atoms with Gasteiger partial charge in [0, 0.05) is 7.11 Å². The predicted molar refractivity (Wildman–Crippen MR) is 141 cm³/mol. The van der Waals surface area contributed by atoms with Gasteiger partial charge in [-0.25, -0.2) is 0 Å². The molecule has 8 atom stereocenters. The van der Waals surface area contributed by atoms with Gasteiger partial charge >= 0.3 is 54.0 Å². The third-order valence-corrected chi connectivity index (χ3v) is 8.68. The summed E-state index contributed by atoms with van der Waals surface area (Å²) in [5.41, 5.74) is 0.0502. The first kappa shape index (κ1) is 23.8. The van der Waals surface area contributed by atoms with Crippen LogP contribution in [0.1, 0.15) is 78.1 Å². The molecule has 0 radical (unpaired) electrons. The summed E-state index contributed by atoms with van der Waals surface area (Å²) in [5.74, 6) is 4.46. The Kier molecular flexibility index (Phi) is 8.55. The second-order valence-electron chi connectivity index (χ2n) is 10.2. The number of alkyl halides is 1. The molecule has 0 aromatic rings. The fraction of sp³-hybridized carbons (Fsp3) is 1.00. The first-order chi connectivity index (χ1) is 12.7. The monoisotopic (exact) mass is 716 g/mol. The third kappa shape index (κ3) is 5.30. The van der Waals surface area contributed by atoms with Gasteiger partial charge in [0.25, 0.3) is 0 Å². The molecule has 0 amide bonds. The van der Waals surface area contributed by atoms with Crippen LogP contribution in [0.15, 0.2) is 0 Å². The average Bonchev–Trinajstić information content (AvgIpc) is 2.80. The third-order valence-electron chi connectivity index (χ3n) is 8.68. The number of methoxy groups -OCH3 is 1. The summed E-state index contributed by atoms with van der Waals surface area (Å²) in [6.07, 6.45) is 13.5. The van der Waals surface area contributed by atoms with Crippen LogP contribution in [0.4, 0.5) is 0 Å². The molecule has 160 valence electrons. The van der Waals surface area contributed by atoms with Gasteiger partial charge in [0.1, 0.15) is 0 Å². The van der Waals surface area contributed by atoms with Crippen LogP contribution in [0.3, 0.4) is 0 Å². The van der Waals surface area contributed by atoms with E-state index in [-0.39, 0.29) is 11.9 Å². The van der Waals surface area contributed by atoms with Crippen molar-refractivity contribution in [2.45, 2.75) is 89.8 Å². The maximum atomic E-state index is 10.5. The summed E-state index contributed by atoms with van der Waals surface area (Å²) in [7, 11) is 1.93. The van der Waals surface area contributed by atoms with E-state index in [1.165, 1.54) is 51.4 Å². The number of fused-ring (bicyclic) bond motifs is 5. The number of halogens is 3. The van der Waals surface area contributed by atoms with E-state index < -0.39 is 5.60 Å². The number of hydrogen-bond acceptors (Lipinski definition) is 2. The molecule has 4 aliphatic rings. The van der Waals surface area contributed by atoms with Crippen molar-refractivity contribution in [3.8, 4) is 0 Å². The maximum absolute atomic E-state index is 10.5. The minimum Gasteiger partial charge on any atom is -0.390 e. The van der Waals surface area contributed by atoms with Crippen LogP contribution < -0.4 is 0 Å². The van der Waals surface area contributed by atoms with Crippen LogP contribution in [0.25, 0.3) is 0 Å². The molecule has 1 N–H and O–H groups in total. The van der Waals surface area contributed by atoms with E-state index in [1.807, 2.05) is 7.11 Å². The minimum atomic E-state index is -0.390. The summed E-state index contributed by atoms with van der Waals surface area (Å²) < 4.78 is 5.90. The van der Waals surface area contributed by atoms with Crippen molar-refractivity contribution in [3.05, 3.63) is 0 Å². The van der Waals surface area contributed by atoms with Gasteiger partial charge in [-0.3, -0.25) is 0 Å². The molecule has 4 fully saturated rings. The maximum Gasteiger partial charge on any atom is 0.0627 e. The molecule has 0 aromatic heterocycles.